The molecule has 1 aromatic carbocycles. The zero-order chi connectivity index (χ0) is 17.4. The molecule has 0 fully saturated rings. The molecule has 0 bridgehead atoms. The van der Waals surface area contributed by atoms with Gasteiger partial charge in [-0.1, -0.05) is 10.3 Å². The monoisotopic (exact) mass is 322 g/mol. The van der Waals surface area contributed by atoms with Gasteiger partial charge in [0.25, 0.3) is 0 Å². The van der Waals surface area contributed by atoms with Gasteiger partial charge in [0, 0.05) is 33.3 Å². The van der Waals surface area contributed by atoms with Gasteiger partial charge in [0.1, 0.15) is 0 Å². The highest BCUT2D eigenvalue weighted by atomic mass is 16.4. The predicted molar refractivity (Wildman–Crippen MR) is 94.5 cm³/mol. The van der Waals surface area contributed by atoms with E-state index < -0.39 is 0 Å². The van der Waals surface area contributed by atoms with E-state index in [0.717, 1.165) is 44.3 Å². The van der Waals surface area contributed by atoms with Crippen molar-refractivity contribution in [1.29, 1.82) is 0 Å². The Labute approximate surface area is 139 Å². The van der Waals surface area contributed by atoms with Crippen LogP contribution in [-0.2, 0) is 0 Å². The zero-order valence-corrected chi connectivity index (χ0v) is 14.0. The van der Waals surface area contributed by atoms with E-state index in [1.165, 1.54) is 0 Å². The van der Waals surface area contributed by atoms with E-state index in [9.17, 15) is 0 Å². The summed E-state index contributed by atoms with van der Waals surface area (Å²) in [5.41, 5.74) is 5.92. The Kier molecular flexibility index (Phi) is 3.89. The summed E-state index contributed by atoms with van der Waals surface area (Å²) in [6.07, 6.45) is 0. The normalized spacial score (nSPS) is 13.0. The van der Waals surface area contributed by atoms with Gasteiger partial charge >= 0.3 is 0 Å². The third kappa shape index (κ3) is 2.56. The Morgan fingerprint density at radius 2 is 1.17 bits per heavy atom. The number of fused-ring (bicyclic) bond motifs is 2. The Morgan fingerprint density at radius 3 is 1.54 bits per heavy atom. The second kappa shape index (κ2) is 5.88. The smallest absolute Gasteiger partial charge is 0.0855 e. The van der Waals surface area contributed by atoms with Crippen LogP contribution in [0.2, 0.25) is 0 Å². The minimum absolute atomic E-state index is 0.521. The summed E-state index contributed by atoms with van der Waals surface area (Å²) in [7, 11) is 0. The Bertz CT molecular complexity index is 944. The second-order valence-corrected chi connectivity index (χ2v) is 5.85. The molecule has 0 atom stereocenters. The van der Waals surface area contributed by atoms with Gasteiger partial charge in [-0.15, -0.1) is 0 Å². The van der Waals surface area contributed by atoms with Crippen molar-refractivity contribution in [3.8, 4) is 0 Å². The fourth-order valence-corrected chi connectivity index (χ4v) is 2.88. The third-order valence-corrected chi connectivity index (χ3v) is 4.21. The van der Waals surface area contributed by atoms with Gasteiger partial charge in [-0.25, -0.2) is 0 Å². The molecular weight excluding hydrogens is 304 g/mol. The molecule has 122 valence electrons. The first-order valence-corrected chi connectivity index (χ1v) is 7.55. The number of nitrogens with zero attached hydrogens (tertiary/aromatic N) is 4. The maximum Gasteiger partial charge on any atom is 0.0855 e. The van der Waals surface area contributed by atoms with Crippen molar-refractivity contribution in [2.45, 2.75) is 27.7 Å². The van der Waals surface area contributed by atoms with Crippen molar-refractivity contribution in [1.82, 2.24) is 9.97 Å². The Hall–Kier alpha value is -3.02. The van der Waals surface area contributed by atoms with Gasteiger partial charge in [0.05, 0.1) is 22.5 Å². The quantitative estimate of drug-likeness (QED) is 0.325. The molecular formula is C18H18N4O2. The molecule has 3 aromatic rings. The van der Waals surface area contributed by atoms with Gasteiger partial charge in [-0.05, 0) is 52.0 Å². The number of aryl methyl sites for hydroxylation is 2. The largest absolute Gasteiger partial charge is 0.411 e. The van der Waals surface area contributed by atoms with Crippen molar-refractivity contribution in [2.75, 3.05) is 0 Å². The van der Waals surface area contributed by atoms with Crippen LogP contribution < -0.4 is 0 Å². The number of hydrogen-bond acceptors (Lipinski definition) is 6. The fourth-order valence-electron chi connectivity index (χ4n) is 2.88. The third-order valence-electron chi connectivity index (χ3n) is 4.21. The summed E-state index contributed by atoms with van der Waals surface area (Å²) in [6, 6.07) is 7.85. The zero-order valence-electron chi connectivity index (χ0n) is 14.0. The van der Waals surface area contributed by atoms with Crippen molar-refractivity contribution in [3.05, 3.63) is 46.8 Å². The lowest BCUT2D eigenvalue weighted by Gasteiger charge is -2.10. The highest BCUT2D eigenvalue weighted by molar-refractivity contribution is 6.06. The molecule has 2 N–H and O–H groups in total. The molecule has 0 aliphatic heterocycles. The van der Waals surface area contributed by atoms with Gasteiger partial charge < -0.3 is 10.4 Å². The van der Waals surface area contributed by atoms with Crippen LogP contribution in [0, 0.1) is 13.8 Å². The number of oxime groups is 2. The number of aromatic nitrogens is 2. The van der Waals surface area contributed by atoms with Crippen molar-refractivity contribution >= 4 is 33.2 Å². The molecule has 6 nitrogen and oxygen atoms in total. The van der Waals surface area contributed by atoms with E-state index in [1.807, 2.05) is 38.1 Å². The number of pyridine rings is 2. The van der Waals surface area contributed by atoms with E-state index in [-0.39, 0.29) is 0 Å². The average molecular weight is 322 g/mol. The van der Waals surface area contributed by atoms with E-state index >= 15 is 0 Å². The van der Waals surface area contributed by atoms with Crippen LogP contribution in [-0.4, -0.2) is 31.8 Å². The molecule has 24 heavy (non-hydrogen) atoms. The molecule has 6 heteroatoms. The SMILES string of the molecule is CC(=NO)c1cc2cc3cc(C(C)=NO)c(C)nc3cc2nc1C. The van der Waals surface area contributed by atoms with Crippen molar-refractivity contribution < 1.29 is 10.4 Å². The summed E-state index contributed by atoms with van der Waals surface area (Å²) >= 11 is 0. The van der Waals surface area contributed by atoms with Crippen LogP contribution in [0.3, 0.4) is 0 Å². The highest BCUT2D eigenvalue weighted by Gasteiger charge is 2.11. The molecule has 0 amide bonds. The van der Waals surface area contributed by atoms with E-state index in [0.29, 0.717) is 11.4 Å². The maximum atomic E-state index is 9.02. The molecule has 0 aliphatic carbocycles. The highest BCUT2D eigenvalue weighted by Crippen LogP contribution is 2.25. The van der Waals surface area contributed by atoms with Crippen LogP contribution in [0.25, 0.3) is 21.8 Å². The van der Waals surface area contributed by atoms with Crippen LogP contribution in [0.5, 0.6) is 0 Å². The topological polar surface area (TPSA) is 91.0 Å². The summed E-state index contributed by atoms with van der Waals surface area (Å²) in [6.45, 7) is 7.25. The summed E-state index contributed by atoms with van der Waals surface area (Å²) in [4.78, 5) is 9.20. The summed E-state index contributed by atoms with van der Waals surface area (Å²) < 4.78 is 0. The van der Waals surface area contributed by atoms with Crippen molar-refractivity contribution in [2.24, 2.45) is 10.3 Å². The van der Waals surface area contributed by atoms with E-state index in [4.69, 9.17) is 10.4 Å². The molecule has 2 heterocycles. The van der Waals surface area contributed by atoms with Gasteiger partial charge in [-0.2, -0.15) is 0 Å². The first kappa shape index (κ1) is 15.9. The Balaban J connectivity index is 2.32. The lowest BCUT2D eigenvalue weighted by atomic mass is 10.0. The molecule has 0 spiro atoms. The van der Waals surface area contributed by atoms with Crippen LogP contribution in [0.15, 0.2) is 34.6 Å². The van der Waals surface area contributed by atoms with Gasteiger partial charge in [-0.3, -0.25) is 9.97 Å². The first-order valence-electron chi connectivity index (χ1n) is 7.55. The minimum Gasteiger partial charge on any atom is -0.411 e. The lowest BCUT2D eigenvalue weighted by Crippen LogP contribution is -2.02. The van der Waals surface area contributed by atoms with E-state index in [1.54, 1.807) is 13.8 Å². The van der Waals surface area contributed by atoms with Crippen molar-refractivity contribution in [3.63, 3.8) is 0 Å². The standard InChI is InChI=1S/C18H18N4O2/c1-9-15(11(3)21-23)6-13-5-14-7-16(12(4)22-24)10(2)20-18(14)8-17(13)19-9/h5-8,23-24H,1-4H3. The molecule has 0 aliphatic rings. The van der Waals surface area contributed by atoms with Crippen LogP contribution in [0.4, 0.5) is 0 Å². The average Bonchev–Trinajstić information content (AvgIpc) is 2.57. The minimum atomic E-state index is 0.521. The molecule has 0 saturated heterocycles. The van der Waals surface area contributed by atoms with Gasteiger partial charge in [0.15, 0.2) is 0 Å². The summed E-state index contributed by atoms with van der Waals surface area (Å²) in [5, 5.41) is 26.5. The first-order chi connectivity index (χ1) is 11.4. The maximum absolute atomic E-state index is 9.02. The van der Waals surface area contributed by atoms with Gasteiger partial charge in [0.2, 0.25) is 0 Å². The molecule has 2 aromatic heterocycles. The predicted octanol–water partition coefficient (Wildman–Crippen LogP) is 3.80. The Morgan fingerprint density at radius 1 is 0.750 bits per heavy atom. The molecule has 0 saturated carbocycles. The molecule has 0 unspecified atom stereocenters. The summed E-state index contributed by atoms with van der Waals surface area (Å²) in [5.74, 6) is 0. The number of hydrogen-bond donors (Lipinski definition) is 2. The number of rotatable bonds is 2. The van der Waals surface area contributed by atoms with Crippen LogP contribution in [0.1, 0.15) is 36.4 Å². The molecule has 3 rings (SSSR count). The number of benzene rings is 1. The lowest BCUT2D eigenvalue weighted by molar-refractivity contribution is 0.319. The van der Waals surface area contributed by atoms with Crippen LogP contribution >= 0.6 is 0 Å². The molecule has 0 radical (unpaired) electrons. The fraction of sp³-hybridized carbons (Fsp3) is 0.222. The second-order valence-electron chi connectivity index (χ2n) is 5.85. The van der Waals surface area contributed by atoms with E-state index in [2.05, 4.69) is 20.3 Å².